The molecule has 0 saturated carbocycles. The molecule has 0 fully saturated rings. The van der Waals surface area contributed by atoms with Gasteiger partial charge in [-0.25, -0.2) is 4.79 Å². The maximum Gasteiger partial charge on any atom is 0.326 e. The number of nitrogens with two attached hydrogens (primary N) is 4. The second kappa shape index (κ2) is 18.7. The van der Waals surface area contributed by atoms with Crippen LogP contribution in [0.2, 0.25) is 0 Å². The minimum Gasteiger partial charge on any atom is -0.480 e. The van der Waals surface area contributed by atoms with E-state index in [4.69, 9.17) is 22.9 Å². The average Bonchev–Trinajstić information content (AvgIpc) is 3.38. The lowest BCUT2D eigenvalue weighted by Crippen LogP contribution is -2.57. The number of benzene rings is 1. The Balaban J connectivity index is 2.23. The number of carbonyl (C=O) groups is 4. The molecule has 0 radical (unpaired) electrons. The van der Waals surface area contributed by atoms with E-state index in [1.165, 1.54) is 11.8 Å². The minimum absolute atomic E-state index is 0.0525. The lowest BCUT2D eigenvalue weighted by Gasteiger charge is -2.25. The average molecular weight is 620 g/mol. The van der Waals surface area contributed by atoms with E-state index in [2.05, 4.69) is 25.9 Å². The third kappa shape index (κ3) is 12.1. The molecule has 13 N–H and O–H groups in total. The number of nitrogens with one attached hydrogen (secondary N) is 4. The summed E-state index contributed by atoms with van der Waals surface area (Å²) in [4.78, 5) is 58.8. The summed E-state index contributed by atoms with van der Waals surface area (Å²) in [6.45, 7) is 0.719. The number of aliphatic carboxylic acids is 1. The summed E-state index contributed by atoms with van der Waals surface area (Å²) in [6, 6.07) is 3.38. The number of amides is 3. The van der Waals surface area contributed by atoms with Gasteiger partial charge in [-0.15, -0.1) is 0 Å². The Kier molecular flexibility index (Phi) is 15.4. The third-order valence-electron chi connectivity index (χ3n) is 6.84. The zero-order valence-corrected chi connectivity index (χ0v) is 25.3. The summed E-state index contributed by atoms with van der Waals surface area (Å²) in [5, 5.41) is 18.6. The first-order valence-electron chi connectivity index (χ1n) is 14.3. The SMILES string of the molecule is CSCCC(NC(=O)C(N)CCCN=C(N)N)C(=O)NC(Cc1c[nH]c2ccccc12)C(=O)NC(CCCCN)C(=O)O. The number of unbranched alkanes of at least 4 members (excludes halogenated alkanes) is 1. The fourth-order valence-corrected chi connectivity index (χ4v) is 4.93. The minimum atomic E-state index is -1.18. The predicted octanol–water partition coefficient (Wildman–Crippen LogP) is -0.488. The van der Waals surface area contributed by atoms with Crippen molar-refractivity contribution in [1.29, 1.82) is 0 Å². The molecule has 0 bridgehead atoms. The van der Waals surface area contributed by atoms with E-state index in [1.807, 2.05) is 30.5 Å². The van der Waals surface area contributed by atoms with Crippen molar-refractivity contribution in [1.82, 2.24) is 20.9 Å². The van der Waals surface area contributed by atoms with Gasteiger partial charge in [-0.3, -0.25) is 19.4 Å². The zero-order valence-electron chi connectivity index (χ0n) is 24.5. The van der Waals surface area contributed by atoms with Crippen LogP contribution in [0.5, 0.6) is 0 Å². The van der Waals surface area contributed by atoms with Gasteiger partial charge in [-0.05, 0) is 68.7 Å². The molecule has 15 heteroatoms. The second-order valence-electron chi connectivity index (χ2n) is 10.2. The Morgan fingerprint density at radius 2 is 1.60 bits per heavy atom. The number of guanidine groups is 1. The van der Waals surface area contributed by atoms with Crippen molar-refractivity contribution in [3.63, 3.8) is 0 Å². The number of para-hydroxylation sites is 1. The zero-order chi connectivity index (χ0) is 31.8. The first-order chi connectivity index (χ1) is 20.6. The normalized spacial score (nSPS) is 13.8. The number of carbonyl (C=O) groups excluding carboxylic acids is 3. The highest BCUT2D eigenvalue weighted by molar-refractivity contribution is 7.98. The first-order valence-corrected chi connectivity index (χ1v) is 15.7. The van der Waals surface area contributed by atoms with Gasteiger partial charge in [-0.2, -0.15) is 11.8 Å². The van der Waals surface area contributed by atoms with E-state index in [0.717, 1.165) is 16.5 Å². The number of H-pyrrole nitrogens is 1. The van der Waals surface area contributed by atoms with Crippen molar-refractivity contribution >= 4 is 52.3 Å². The number of hydrogen-bond acceptors (Lipinski definition) is 8. The van der Waals surface area contributed by atoms with Gasteiger partial charge in [0.1, 0.15) is 18.1 Å². The number of carboxylic acid groups (broad SMARTS) is 1. The lowest BCUT2D eigenvalue weighted by molar-refractivity contribution is -0.142. The summed E-state index contributed by atoms with van der Waals surface area (Å²) >= 11 is 1.50. The Hall–Kier alpha value is -3.82. The van der Waals surface area contributed by atoms with Crippen LogP contribution in [-0.4, -0.2) is 89.0 Å². The molecule has 4 unspecified atom stereocenters. The number of thioether (sulfide) groups is 1. The van der Waals surface area contributed by atoms with Crippen molar-refractivity contribution in [3.05, 3.63) is 36.0 Å². The predicted molar refractivity (Wildman–Crippen MR) is 169 cm³/mol. The Morgan fingerprint density at radius 3 is 2.28 bits per heavy atom. The van der Waals surface area contributed by atoms with Crippen LogP contribution in [0.15, 0.2) is 35.5 Å². The van der Waals surface area contributed by atoms with E-state index >= 15 is 0 Å². The highest BCUT2D eigenvalue weighted by atomic mass is 32.2. The van der Waals surface area contributed by atoms with Crippen LogP contribution < -0.4 is 38.9 Å². The molecule has 238 valence electrons. The number of aliphatic imine (C=N–C) groups is 1. The van der Waals surface area contributed by atoms with Gasteiger partial charge in [0.05, 0.1) is 6.04 Å². The maximum absolute atomic E-state index is 13.5. The van der Waals surface area contributed by atoms with Crippen LogP contribution in [-0.2, 0) is 25.6 Å². The van der Waals surface area contributed by atoms with Crippen molar-refractivity contribution < 1.29 is 24.3 Å². The van der Waals surface area contributed by atoms with Crippen molar-refractivity contribution in [3.8, 4) is 0 Å². The molecule has 14 nitrogen and oxygen atoms in total. The first kappa shape index (κ1) is 35.4. The second-order valence-corrected chi connectivity index (χ2v) is 11.2. The third-order valence-corrected chi connectivity index (χ3v) is 7.49. The van der Waals surface area contributed by atoms with Gasteiger partial charge < -0.3 is 49.0 Å². The van der Waals surface area contributed by atoms with Crippen LogP contribution in [0.3, 0.4) is 0 Å². The smallest absolute Gasteiger partial charge is 0.326 e. The standard InChI is InChI=1S/C28H45N9O5S/c1-43-14-11-21(35-24(38)19(30)8-6-13-33-28(31)32)25(39)37-23(15-17-16-34-20-9-3-2-7-18(17)20)26(40)36-22(27(41)42)10-4-5-12-29/h2-3,7,9,16,19,21-23,34H,4-6,8,10-15,29-30H2,1H3,(H,35,38)(H,36,40)(H,37,39)(H,41,42)(H4,31,32,33). The number of rotatable bonds is 20. The molecular weight excluding hydrogens is 574 g/mol. The van der Waals surface area contributed by atoms with Crippen molar-refractivity contribution in [2.75, 3.05) is 25.1 Å². The number of aromatic amines is 1. The van der Waals surface area contributed by atoms with Gasteiger partial charge in [0.15, 0.2) is 5.96 Å². The van der Waals surface area contributed by atoms with Gasteiger partial charge in [0, 0.05) is 30.1 Å². The van der Waals surface area contributed by atoms with Crippen molar-refractivity contribution in [2.45, 2.75) is 69.1 Å². The summed E-state index contributed by atoms with van der Waals surface area (Å²) in [5.41, 5.74) is 23.8. The van der Waals surface area contributed by atoms with Gasteiger partial charge in [0.2, 0.25) is 17.7 Å². The largest absolute Gasteiger partial charge is 0.480 e. The number of carboxylic acids is 1. The van der Waals surface area contributed by atoms with E-state index in [9.17, 15) is 24.3 Å². The van der Waals surface area contributed by atoms with Gasteiger partial charge in [0.25, 0.3) is 0 Å². The molecule has 1 aromatic carbocycles. The topological polar surface area (TPSA) is 257 Å². The number of hydrogen-bond donors (Lipinski definition) is 9. The number of fused-ring (bicyclic) bond motifs is 1. The van der Waals surface area contributed by atoms with E-state index in [0.29, 0.717) is 44.5 Å². The lowest BCUT2D eigenvalue weighted by atomic mass is 10.0. The van der Waals surface area contributed by atoms with E-state index in [1.54, 1.807) is 6.20 Å². The van der Waals surface area contributed by atoms with Gasteiger partial charge in [-0.1, -0.05) is 18.2 Å². The summed E-state index contributed by atoms with van der Waals surface area (Å²) in [7, 11) is 0. The molecule has 2 aromatic rings. The highest BCUT2D eigenvalue weighted by Gasteiger charge is 2.30. The number of aromatic nitrogens is 1. The fraction of sp³-hybridized carbons (Fsp3) is 0.536. The van der Waals surface area contributed by atoms with Gasteiger partial charge >= 0.3 is 5.97 Å². The molecular formula is C28H45N9O5S. The molecule has 43 heavy (non-hydrogen) atoms. The van der Waals surface area contributed by atoms with E-state index in [-0.39, 0.29) is 25.2 Å². The molecule has 0 aliphatic heterocycles. The van der Waals surface area contributed by atoms with Crippen LogP contribution in [0.25, 0.3) is 10.9 Å². The summed E-state index contributed by atoms with van der Waals surface area (Å²) < 4.78 is 0. The van der Waals surface area contributed by atoms with Crippen LogP contribution in [0, 0.1) is 0 Å². The molecule has 1 aromatic heterocycles. The molecule has 2 rings (SSSR count). The summed E-state index contributed by atoms with van der Waals surface area (Å²) in [5.74, 6) is -2.42. The molecule has 0 aliphatic carbocycles. The monoisotopic (exact) mass is 619 g/mol. The molecule has 0 spiro atoms. The molecule has 3 amide bonds. The Morgan fingerprint density at radius 1 is 0.930 bits per heavy atom. The Labute approximate surface area is 255 Å². The highest BCUT2D eigenvalue weighted by Crippen LogP contribution is 2.19. The molecule has 0 aliphatic rings. The molecule has 1 heterocycles. The molecule has 0 saturated heterocycles. The van der Waals surface area contributed by atoms with Crippen LogP contribution >= 0.6 is 11.8 Å². The fourth-order valence-electron chi connectivity index (χ4n) is 4.46. The van der Waals surface area contributed by atoms with Crippen molar-refractivity contribution in [2.24, 2.45) is 27.9 Å². The van der Waals surface area contributed by atoms with E-state index < -0.39 is 47.9 Å². The summed E-state index contributed by atoms with van der Waals surface area (Å²) in [6.07, 6.45) is 6.09. The quantitative estimate of drug-likeness (QED) is 0.0522. The number of nitrogens with zero attached hydrogens (tertiary/aromatic N) is 1. The van der Waals surface area contributed by atoms with Crippen LogP contribution in [0.4, 0.5) is 0 Å². The molecule has 4 atom stereocenters. The Bertz CT molecular complexity index is 1230. The maximum atomic E-state index is 13.5. The van der Waals surface area contributed by atoms with Crippen LogP contribution in [0.1, 0.15) is 44.1 Å².